The molecule has 146 valence electrons. The van der Waals surface area contributed by atoms with Gasteiger partial charge in [-0.05, 0) is 49.7 Å². The van der Waals surface area contributed by atoms with Crippen molar-refractivity contribution in [1.29, 1.82) is 0 Å². The molecule has 1 amide bonds. The lowest BCUT2D eigenvalue weighted by Crippen LogP contribution is -2.30. The number of halogens is 1. The minimum Gasteiger partial charge on any atom is -0.492 e. The van der Waals surface area contributed by atoms with Crippen molar-refractivity contribution in [2.45, 2.75) is 26.5 Å². The van der Waals surface area contributed by atoms with E-state index in [2.05, 4.69) is 10.4 Å². The van der Waals surface area contributed by atoms with E-state index in [1.807, 2.05) is 37.4 Å². The lowest BCUT2D eigenvalue weighted by molar-refractivity contribution is -0.122. The smallest absolute Gasteiger partial charge is 0.265 e. The maximum atomic E-state index is 12.5. The van der Waals surface area contributed by atoms with Crippen LogP contribution in [-0.4, -0.2) is 28.4 Å². The largest absolute Gasteiger partial charge is 0.492 e. The second-order valence-corrected chi connectivity index (χ2v) is 6.74. The van der Waals surface area contributed by atoms with E-state index in [0.717, 1.165) is 5.56 Å². The fourth-order valence-corrected chi connectivity index (χ4v) is 2.70. The van der Waals surface area contributed by atoms with Gasteiger partial charge in [-0.1, -0.05) is 23.7 Å². The number of aryl methyl sites for hydroxylation is 1. The van der Waals surface area contributed by atoms with Crippen LogP contribution in [0.15, 0.2) is 60.9 Å². The van der Waals surface area contributed by atoms with Crippen LogP contribution < -0.4 is 14.8 Å². The second kappa shape index (κ2) is 9.28. The zero-order valence-electron chi connectivity index (χ0n) is 15.8. The summed E-state index contributed by atoms with van der Waals surface area (Å²) >= 11 is 6.13. The molecule has 0 aliphatic rings. The van der Waals surface area contributed by atoms with Crippen molar-refractivity contribution in [3.63, 3.8) is 0 Å². The Bertz CT molecular complexity index is 928. The standard InChI is InChI=1S/C21H22ClN3O3/c1-15-7-8-19(22)20(13-15)28-16(2)21(26)24-17-5-3-6-18(14-17)27-12-11-25-10-4-9-23-25/h3-10,13-14,16H,11-12H2,1-2H3,(H,24,26). The van der Waals surface area contributed by atoms with Crippen molar-refractivity contribution in [3.8, 4) is 11.5 Å². The summed E-state index contributed by atoms with van der Waals surface area (Å²) in [5, 5.41) is 7.43. The highest BCUT2D eigenvalue weighted by Gasteiger charge is 2.16. The van der Waals surface area contributed by atoms with Crippen LogP contribution in [0, 0.1) is 6.92 Å². The number of amides is 1. The van der Waals surface area contributed by atoms with Crippen LogP contribution in [0.1, 0.15) is 12.5 Å². The first kappa shape index (κ1) is 19.8. The molecular weight excluding hydrogens is 378 g/mol. The summed E-state index contributed by atoms with van der Waals surface area (Å²) in [6, 6.07) is 14.5. The number of aromatic nitrogens is 2. The molecule has 1 atom stereocenters. The zero-order valence-corrected chi connectivity index (χ0v) is 16.5. The van der Waals surface area contributed by atoms with Crippen molar-refractivity contribution in [2.24, 2.45) is 0 Å². The third-order valence-corrected chi connectivity index (χ3v) is 4.32. The van der Waals surface area contributed by atoms with Crippen molar-refractivity contribution < 1.29 is 14.3 Å². The van der Waals surface area contributed by atoms with E-state index in [-0.39, 0.29) is 5.91 Å². The monoisotopic (exact) mass is 399 g/mol. The average Bonchev–Trinajstić information content (AvgIpc) is 3.18. The summed E-state index contributed by atoms with van der Waals surface area (Å²) < 4.78 is 13.2. The van der Waals surface area contributed by atoms with Crippen LogP contribution in [0.3, 0.4) is 0 Å². The maximum absolute atomic E-state index is 12.5. The van der Waals surface area contributed by atoms with Gasteiger partial charge >= 0.3 is 0 Å². The molecule has 1 aromatic heterocycles. The quantitative estimate of drug-likeness (QED) is 0.612. The van der Waals surface area contributed by atoms with Crippen LogP contribution in [0.25, 0.3) is 0 Å². The van der Waals surface area contributed by atoms with Crippen molar-refractivity contribution in [3.05, 3.63) is 71.5 Å². The first-order valence-corrected chi connectivity index (χ1v) is 9.33. The van der Waals surface area contributed by atoms with Crippen molar-refractivity contribution in [1.82, 2.24) is 9.78 Å². The number of carbonyl (C=O) groups excluding carboxylic acids is 1. The number of hydrogen-bond acceptors (Lipinski definition) is 4. The predicted octanol–water partition coefficient (Wildman–Crippen LogP) is 4.33. The molecule has 0 aliphatic carbocycles. The number of ether oxygens (including phenoxy) is 2. The first-order chi connectivity index (χ1) is 13.5. The van der Waals surface area contributed by atoms with Gasteiger partial charge in [0.1, 0.15) is 18.1 Å². The van der Waals surface area contributed by atoms with E-state index < -0.39 is 6.10 Å². The minimum absolute atomic E-state index is 0.272. The third-order valence-electron chi connectivity index (χ3n) is 4.01. The number of nitrogens with zero attached hydrogens (tertiary/aromatic N) is 2. The summed E-state index contributed by atoms with van der Waals surface area (Å²) in [6.07, 6.45) is 2.90. The molecule has 0 fully saturated rings. The van der Waals surface area contributed by atoms with E-state index in [4.69, 9.17) is 21.1 Å². The molecule has 0 saturated carbocycles. The molecule has 1 unspecified atom stereocenters. The number of hydrogen-bond donors (Lipinski definition) is 1. The van der Waals surface area contributed by atoms with E-state index in [1.165, 1.54) is 0 Å². The van der Waals surface area contributed by atoms with Crippen LogP contribution >= 0.6 is 11.6 Å². The predicted molar refractivity (Wildman–Crippen MR) is 109 cm³/mol. The molecule has 3 aromatic rings. The van der Waals surface area contributed by atoms with Crippen LogP contribution in [0.4, 0.5) is 5.69 Å². The van der Waals surface area contributed by atoms with Crippen LogP contribution in [0.5, 0.6) is 11.5 Å². The van der Waals surface area contributed by atoms with Gasteiger partial charge in [0.15, 0.2) is 6.10 Å². The molecule has 0 saturated heterocycles. The van der Waals surface area contributed by atoms with E-state index >= 15 is 0 Å². The number of nitrogens with one attached hydrogen (secondary N) is 1. The molecule has 3 rings (SSSR count). The molecule has 28 heavy (non-hydrogen) atoms. The molecule has 1 heterocycles. The summed E-state index contributed by atoms with van der Waals surface area (Å²) in [6.45, 7) is 4.74. The van der Waals surface area contributed by atoms with Gasteiger partial charge in [0.25, 0.3) is 5.91 Å². The van der Waals surface area contributed by atoms with E-state index in [9.17, 15) is 4.79 Å². The van der Waals surface area contributed by atoms with Crippen LogP contribution in [0.2, 0.25) is 5.02 Å². The van der Waals surface area contributed by atoms with Gasteiger partial charge in [0.2, 0.25) is 0 Å². The van der Waals surface area contributed by atoms with Crippen molar-refractivity contribution in [2.75, 3.05) is 11.9 Å². The summed E-state index contributed by atoms with van der Waals surface area (Å²) in [7, 11) is 0. The number of anilines is 1. The van der Waals surface area contributed by atoms with E-state index in [1.54, 1.807) is 42.1 Å². The van der Waals surface area contributed by atoms with Crippen molar-refractivity contribution >= 4 is 23.2 Å². The number of rotatable bonds is 8. The zero-order chi connectivity index (χ0) is 19.9. The first-order valence-electron chi connectivity index (χ1n) is 8.95. The molecule has 2 aromatic carbocycles. The fraction of sp³-hybridized carbons (Fsp3) is 0.238. The summed E-state index contributed by atoms with van der Waals surface area (Å²) in [5.74, 6) is 0.881. The Morgan fingerprint density at radius 1 is 1.25 bits per heavy atom. The Morgan fingerprint density at radius 2 is 2.11 bits per heavy atom. The molecule has 1 N–H and O–H groups in total. The lowest BCUT2D eigenvalue weighted by Gasteiger charge is -2.16. The molecule has 0 radical (unpaired) electrons. The van der Waals surface area contributed by atoms with E-state index in [0.29, 0.717) is 35.4 Å². The average molecular weight is 400 g/mol. The molecular formula is C21H22ClN3O3. The van der Waals surface area contributed by atoms with Crippen LogP contribution in [-0.2, 0) is 11.3 Å². The molecule has 0 bridgehead atoms. The third kappa shape index (κ3) is 5.50. The van der Waals surface area contributed by atoms with Gasteiger partial charge in [0.05, 0.1) is 11.6 Å². The normalized spacial score (nSPS) is 11.7. The van der Waals surface area contributed by atoms with Gasteiger partial charge in [-0.3, -0.25) is 9.48 Å². The van der Waals surface area contributed by atoms with Gasteiger partial charge in [-0.15, -0.1) is 0 Å². The summed E-state index contributed by atoms with van der Waals surface area (Å²) in [4.78, 5) is 12.5. The van der Waals surface area contributed by atoms with Gasteiger partial charge < -0.3 is 14.8 Å². The molecule has 6 nitrogen and oxygen atoms in total. The number of carbonyl (C=O) groups is 1. The topological polar surface area (TPSA) is 65.4 Å². The summed E-state index contributed by atoms with van der Waals surface area (Å²) in [5.41, 5.74) is 1.64. The highest BCUT2D eigenvalue weighted by Crippen LogP contribution is 2.26. The Hall–Kier alpha value is -2.99. The maximum Gasteiger partial charge on any atom is 0.265 e. The van der Waals surface area contributed by atoms with Gasteiger partial charge in [-0.25, -0.2) is 0 Å². The highest BCUT2D eigenvalue weighted by molar-refractivity contribution is 6.32. The Kier molecular flexibility index (Phi) is 6.55. The Morgan fingerprint density at radius 3 is 2.89 bits per heavy atom. The lowest BCUT2D eigenvalue weighted by atomic mass is 10.2. The van der Waals surface area contributed by atoms with Gasteiger partial charge in [0, 0.05) is 24.1 Å². The highest BCUT2D eigenvalue weighted by atomic mass is 35.5. The molecule has 0 spiro atoms. The number of benzene rings is 2. The SMILES string of the molecule is Cc1ccc(Cl)c(OC(C)C(=O)Nc2cccc(OCCn3cccn3)c2)c1. The second-order valence-electron chi connectivity index (χ2n) is 6.33. The fourth-order valence-electron chi connectivity index (χ4n) is 2.54. The minimum atomic E-state index is -0.705. The molecule has 7 heteroatoms. The Balaban J connectivity index is 1.55. The van der Waals surface area contributed by atoms with Gasteiger partial charge in [-0.2, -0.15) is 5.10 Å². The molecule has 0 aliphatic heterocycles. The Labute approximate surface area is 169 Å².